The molecule has 2 N–H and O–H groups in total. The van der Waals surface area contributed by atoms with Crippen molar-refractivity contribution >= 4 is 27.8 Å². The van der Waals surface area contributed by atoms with Crippen LogP contribution in [0.4, 0.5) is 4.79 Å². The molecule has 0 atom stereocenters. The molecule has 108 valence electrons. The number of aliphatic carboxylic acids is 2. The molecule has 0 radical (unpaired) electrons. The molecule has 0 aromatic heterocycles. The fraction of sp³-hybridized carbons (Fsp3) is 0.667. The number of carbonyl (C=O) groups is 3. The van der Waals surface area contributed by atoms with Gasteiger partial charge >= 0.3 is 18.0 Å². The molecule has 1 heterocycles. The summed E-state index contributed by atoms with van der Waals surface area (Å²) in [4.78, 5) is 34.9. The lowest BCUT2D eigenvalue weighted by molar-refractivity contribution is -0.140. The predicted molar refractivity (Wildman–Crippen MR) is 62.5 cm³/mol. The van der Waals surface area contributed by atoms with Crippen molar-refractivity contribution in [1.82, 2.24) is 9.80 Å². The van der Waals surface area contributed by atoms with Crippen LogP contribution in [-0.4, -0.2) is 84.1 Å². The zero-order chi connectivity index (χ0) is 14.6. The van der Waals surface area contributed by atoms with Crippen LogP contribution in [0, 0.1) is 0 Å². The fourth-order valence-electron chi connectivity index (χ4n) is 1.62. The minimum Gasteiger partial charge on any atom is -0.480 e. The van der Waals surface area contributed by atoms with Crippen molar-refractivity contribution < 1.29 is 33.0 Å². The van der Waals surface area contributed by atoms with Gasteiger partial charge in [0.2, 0.25) is 0 Å². The Balaban J connectivity index is 2.71. The van der Waals surface area contributed by atoms with Crippen LogP contribution in [-0.2, 0) is 19.4 Å². The van der Waals surface area contributed by atoms with Crippen molar-refractivity contribution in [3.63, 3.8) is 0 Å². The Morgan fingerprint density at radius 1 is 1.00 bits per heavy atom. The number of urea groups is 1. The third-order valence-electron chi connectivity index (χ3n) is 2.54. The quantitative estimate of drug-likeness (QED) is 0.632. The normalized spacial score (nSPS) is 17.8. The Hall–Kier alpha value is -1.84. The van der Waals surface area contributed by atoms with Crippen LogP contribution in [0.1, 0.15) is 0 Å². The average Bonchev–Trinajstić information content (AvgIpc) is 2.26. The summed E-state index contributed by atoms with van der Waals surface area (Å²) in [6, 6.07) is -0.778. The number of rotatable bonds is 4. The van der Waals surface area contributed by atoms with Gasteiger partial charge in [0.15, 0.2) is 9.84 Å². The SMILES string of the molecule is O=C(O)CN(CC(=O)O)C(=O)N1CCS(=O)(=O)CC1. The molecule has 1 rings (SSSR count). The van der Waals surface area contributed by atoms with Gasteiger partial charge in [-0.2, -0.15) is 0 Å². The highest BCUT2D eigenvalue weighted by molar-refractivity contribution is 7.91. The van der Waals surface area contributed by atoms with Crippen LogP contribution >= 0.6 is 0 Å². The van der Waals surface area contributed by atoms with Crippen molar-refractivity contribution in [1.29, 1.82) is 0 Å². The molecule has 1 fully saturated rings. The molecule has 0 bridgehead atoms. The first-order chi connectivity index (χ1) is 8.71. The highest BCUT2D eigenvalue weighted by atomic mass is 32.2. The second-order valence-electron chi connectivity index (χ2n) is 4.06. The predicted octanol–water partition coefficient (Wildman–Crippen LogP) is -1.69. The molecule has 0 aromatic rings. The van der Waals surface area contributed by atoms with E-state index in [1.165, 1.54) is 0 Å². The molecule has 9 nitrogen and oxygen atoms in total. The van der Waals surface area contributed by atoms with Gasteiger partial charge in [-0.05, 0) is 0 Å². The molecule has 2 amide bonds. The molecule has 1 saturated heterocycles. The number of hydrogen-bond donors (Lipinski definition) is 2. The molecule has 0 aliphatic carbocycles. The van der Waals surface area contributed by atoms with Crippen molar-refractivity contribution in [2.45, 2.75) is 0 Å². The lowest BCUT2D eigenvalue weighted by atomic mass is 10.4. The number of hydrogen-bond acceptors (Lipinski definition) is 5. The smallest absolute Gasteiger partial charge is 0.323 e. The van der Waals surface area contributed by atoms with E-state index in [9.17, 15) is 22.8 Å². The van der Waals surface area contributed by atoms with Gasteiger partial charge in [0.25, 0.3) is 0 Å². The van der Waals surface area contributed by atoms with Gasteiger partial charge < -0.3 is 20.0 Å². The van der Waals surface area contributed by atoms with Gasteiger partial charge in [0.05, 0.1) is 11.5 Å². The van der Waals surface area contributed by atoms with Crippen LogP contribution in [0.3, 0.4) is 0 Å². The van der Waals surface area contributed by atoms with E-state index in [0.717, 1.165) is 4.90 Å². The minimum atomic E-state index is -3.17. The minimum absolute atomic E-state index is 0.0586. The van der Waals surface area contributed by atoms with Crippen LogP contribution in [0.15, 0.2) is 0 Å². The maximum Gasteiger partial charge on any atom is 0.323 e. The van der Waals surface area contributed by atoms with E-state index >= 15 is 0 Å². The summed E-state index contributed by atoms with van der Waals surface area (Å²) in [5.74, 6) is -3.07. The second-order valence-corrected chi connectivity index (χ2v) is 6.37. The Kier molecular flexibility index (Phi) is 4.70. The fourth-order valence-corrected chi connectivity index (χ4v) is 2.82. The van der Waals surface area contributed by atoms with Crippen molar-refractivity contribution in [2.75, 3.05) is 37.7 Å². The number of carboxylic acids is 2. The van der Waals surface area contributed by atoms with Gasteiger partial charge in [0.1, 0.15) is 13.1 Å². The van der Waals surface area contributed by atoms with Crippen molar-refractivity contribution in [3.05, 3.63) is 0 Å². The topological polar surface area (TPSA) is 132 Å². The highest BCUT2D eigenvalue weighted by Crippen LogP contribution is 2.07. The largest absolute Gasteiger partial charge is 0.480 e. The van der Waals surface area contributed by atoms with Gasteiger partial charge in [-0.25, -0.2) is 13.2 Å². The summed E-state index contributed by atoms with van der Waals surface area (Å²) >= 11 is 0. The van der Waals surface area contributed by atoms with Crippen LogP contribution in [0.2, 0.25) is 0 Å². The van der Waals surface area contributed by atoms with E-state index in [2.05, 4.69) is 0 Å². The molecule has 0 unspecified atom stereocenters. The maximum absolute atomic E-state index is 11.9. The second kappa shape index (κ2) is 5.87. The third kappa shape index (κ3) is 4.73. The molecule has 0 spiro atoms. The summed E-state index contributed by atoms with van der Waals surface area (Å²) in [6.45, 7) is -1.60. The van der Waals surface area contributed by atoms with E-state index in [1.54, 1.807) is 0 Å². The molecule has 19 heavy (non-hydrogen) atoms. The van der Waals surface area contributed by atoms with E-state index < -0.39 is 40.9 Å². The lowest BCUT2D eigenvalue weighted by Crippen LogP contribution is -2.52. The van der Waals surface area contributed by atoms with Gasteiger partial charge in [0, 0.05) is 13.1 Å². The first-order valence-corrected chi connectivity index (χ1v) is 7.21. The van der Waals surface area contributed by atoms with Gasteiger partial charge in [-0.3, -0.25) is 9.59 Å². The van der Waals surface area contributed by atoms with Gasteiger partial charge in [-0.15, -0.1) is 0 Å². The van der Waals surface area contributed by atoms with Crippen molar-refractivity contribution in [3.8, 4) is 0 Å². The maximum atomic E-state index is 11.9. The van der Waals surface area contributed by atoms with Crippen LogP contribution in [0.25, 0.3) is 0 Å². The molecule has 0 aromatic carbocycles. The lowest BCUT2D eigenvalue weighted by Gasteiger charge is -2.31. The van der Waals surface area contributed by atoms with E-state index in [-0.39, 0.29) is 24.6 Å². The average molecular weight is 294 g/mol. The molecule has 0 saturated carbocycles. The Bertz CT molecular complexity index is 457. The number of carboxylic acid groups (broad SMARTS) is 2. The summed E-state index contributed by atoms with van der Waals surface area (Å²) in [5, 5.41) is 17.3. The summed E-state index contributed by atoms with van der Waals surface area (Å²) in [5.41, 5.74) is 0. The molecule has 1 aliphatic heterocycles. The van der Waals surface area contributed by atoms with Crippen LogP contribution in [0.5, 0.6) is 0 Å². The number of amides is 2. The standard InChI is InChI=1S/C9H14N2O7S/c12-7(13)5-11(6-8(14)15)9(16)10-1-3-19(17,18)4-2-10/h1-6H2,(H,12,13)(H,14,15). The number of carbonyl (C=O) groups excluding carboxylic acids is 1. The van der Waals surface area contributed by atoms with E-state index in [1.807, 2.05) is 0 Å². The number of nitrogens with zero attached hydrogens (tertiary/aromatic N) is 2. The molecular weight excluding hydrogens is 280 g/mol. The summed E-state index contributed by atoms with van der Waals surface area (Å²) < 4.78 is 22.4. The van der Waals surface area contributed by atoms with E-state index in [4.69, 9.17) is 10.2 Å². The third-order valence-corrected chi connectivity index (χ3v) is 4.15. The number of sulfone groups is 1. The molecule has 1 aliphatic rings. The molecule has 10 heteroatoms. The Morgan fingerprint density at radius 3 is 1.79 bits per heavy atom. The first-order valence-electron chi connectivity index (χ1n) is 5.39. The Morgan fingerprint density at radius 2 is 1.42 bits per heavy atom. The van der Waals surface area contributed by atoms with E-state index in [0.29, 0.717) is 4.90 Å². The van der Waals surface area contributed by atoms with Gasteiger partial charge in [-0.1, -0.05) is 0 Å². The van der Waals surface area contributed by atoms with Crippen LogP contribution < -0.4 is 0 Å². The Labute approximate surface area is 109 Å². The zero-order valence-electron chi connectivity index (χ0n) is 9.98. The van der Waals surface area contributed by atoms with Crippen molar-refractivity contribution in [2.24, 2.45) is 0 Å². The summed E-state index contributed by atoms with van der Waals surface area (Å²) in [6.07, 6.45) is 0. The zero-order valence-corrected chi connectivity index (χ0v) is 10.8. The summed E-state index contributed by atoms with van der Waals surface area (Å²) in [7, 11) is -3.17. The first kappa shape index (κ1) is 15.2. The monoisotopic (exact) mass is 294 g/mol. The highest BCUT2D eigenvalue weighted by Gasteiger charge is 2.29. The molecular formula is C9H14N2O7S.